The predicted octanol–water partition coefficient (Wildman–Crippen LogP) is 5.87. The maximum Gasteiger partial charge on any atom is 0.108 e. The van der Waals surface area contributed by atoms with Crippen LogP contribution in [-0.2, 0) is 16.1 Å². The highest BCUT2D eigenvalue weighted by Crippen LogP contribution is 2.24. The SMILES string of the molecule is CC(C)C[C@H](C#CCOC(C)(C)C)N(O)[C@H](COCc1ccccc1)c1ccccc1. The Morgan fingerprint density at radius 3 is 2.16 bits per heavy atom. The van der Waals surface area contributed by atoms with Gasteiger partial charge in [-0.3, -0.25) is 0 Å². The van der Waals surface area contributed by atoms with Crippen LogP contribution >= 0.6 is 0 Å². The second-order valence-electron chi connectivity index (χ2n) is 9.17. The van der Waals surface area contributed by atoms with Crippen molar-refractivity contribution in [1.29, 1.82) is 0 Å². The number of hydroxylamine groups is 2. The van der Waals surface area contributed by atoms with E-state index in [2.05, 4.69) is 25.7 Å². The third-order valence-corrected chi connectivity index (χ3v) is 4.75. The Hall–Kier alpha value is -2.16. The Labute approximate surface area is 188 Å². The molecule has 0 heterocycles. The van der Waals surface area contributed by atoms with Crippen LogP contribution in [-0.4, -0.2) is 35.1 Å². The van der Waals surface area contributed by atoms with Crippen LogP contribution in [0, 0.1) is 17.8 Å². The van der Waals surface area contributed by atoms with Crippen LogP contribution < -0.4 is 0 Å². The number of ether oxygens (including phenoxy) is 2. The average molecular weight is 424 g/mol. The summed E-state index contributed by atoms with van der Waals surface area (Å²) >= 11 is 0. The summed E-state index contributed by atoms with van der Waals surface area (Å²) in [4.78, 5) is 0. The van der Waals surface area contributed by atoms with Crippen molar-refractivity contribution in [3.63, 3.8) is 0 Å². The van der Waals surface area contributed by atoms with E-state index in [-0.39, 0.29) is 17.7 Å². The van der Waals surface area contributed by atoms with Gasteiger partial charge in [-0.2, -0.15) is 5.06 Å². The van der Waals surface area contributed by atoms with E-state index in [4.69, 9.17) is 9.47 Å². The Balaban J connectivity index is 2.14. The quantitative estimate of drug-likeness (QED) is 0.383. The zero-order chi connectivity index (χ0) is 22.7. The van der Waals surface area contributed by atoms with Crippen LogP contribution in [0.4, 0.5) is 0 Å². The first-order chi connectivity index (χ1) is 14.8. The standard InChI is InChI=1S/C27H37NO3/c1-22(2)19-25(17-12-18-31-27(3,4)5)28(29)26(24-15-10-7-11-16-24)21-30-20-23-13-8-6-9-14-23/h6-11,13-16,22,25-26,29H,18-21H2,1-5H3/t25-,26+/m0/s1. The van der Waals surface area contributed by atoms with Gasteiger partial charge in [0.05, 0.1) is 30.9 Å². The third kappa shape index (κ3) is 9.67. The molecule has 0 spiro atoms. The molecule has 31 heavy (non-hydrogen) atoms. The molecule has 0 aliphatic carbocycles. The molecule has 168 valence electrons. The molecule has 4 nitrogen and oxygen atoms in total. The fourth-order valence-electron chi connectivity index (χ4n) is 3.17. The van der Waals surface area contributed by atoms with E-state index in [0.29, 0.717) is 25.7 Å². The van der Waals surface area contributed by atoms with Gasteiger partial charge < -0.3 is 14.7 Å². The van der Waals surface area contributed by atoms with E-state index in [1.54, 1.807) is 0 Å². The molecule has 0 amide bonds. The molecule has 0 bridgehead atoms. The van der Waals surface area contributed by atoms with E-state index in [1.165, 1.54) is 5.06 Å². The maximum absolute atomic E-state index is 11.2. The van der Waals surface area contributed by atoms with Gasteiger partial charge in [-0.15, -0.1) is 0 Å². The summed E-state index contributed by atoms with van der Waals surface area (Å²) in [5.74, 6) is 6.72. The van der Waals surface area contributed by atoms with Crippen molar-refractivity contribution in [1.82, 2.24) is 5.06 Å². The topological polar surface area (TPSA) is 41.9 Å². The lowest BCUT2D eigenvalue weighted by molar-refractivity contribution is -0.166. The number of nitrogens with zero attached hydrogens (tertiary/aromatic N) is 1. The van der Waals surface area contributed by atoms with Crippen LogP contribution in [0.15, 0.2) is 60.7 Å². The van der Waals surface area contributed by atoms with Crippen molar-refractivity contribution in [3.8, 4) is 11.8 Å². The molecule has 0 fully saturated rings. The number of benzene rings is 2. The van der Waals surface area contributed by atoms with Crippen LogP contribution in [0.1, 0.15) is 58.2 Å². The van der Waals surface area contributed by atoms with Gasteiger partial charge in [0.15, 0.2) is 0 Å². The minimum Gasteiger partial charge on any atom is -0.375 e. The van der Waals surface area contributed by atoms with Gasteiger partial charge in [0.25, 0.3) is 0 Å². The molecule has 0 aliphatic heterocycles. The van der Waals surface area contributed by atoms with Crippen LogP contribution in [0.5, 0.6) is 0 Å². The molecular formula is C27H37NO3. The zero-order valence-electron chi connectivity index (χ0n) is 19.5. The van der Waals surface area contributed by atoms with E-state index < -0.39 is 0 Å². The molecule has 0 aromatic heterocycles. The molecule has 0 unspecified atom stereocenters. The van der Waals surface area contributed by atoms with Crippen molar-refractivity contribution < 1.29 is 14.7 Å². The molecule has 0 radical (unpaired) electrons. The van der Waals surface area contributed by atoms with Crippen molar-refractivity contribution in [3.05, 3.63) is 71.8 Å². The second-order valence-corrected chi connectivity index (χ2v) is 9.17. The molecule has 2 rings (SSSR count). The third-order valence-electron chi connectivity index (χ3n) is 4.75. The minimum absolute atomic E-state index is 0.237. The first-order valence-corrected chi connectivity index (χ1v) is 11.0. The largest absolute Gasteiger partial charge is 0.375 e. The van der Waals surface area contributed by atoms with E-state index in [9.17, 15) is 5.21 Å². The number of hydrogen-bond donors (Lipinski definition) is 1. The monoisotopic (exact) mass is 423 g/mol. The summed E-state index contributed by atoms with van der Waals surface area (Å²) in [6.45, 7) is 11.5. The van der Waals surface area contributed by atoms with Gasteiger partial charge in [0.2, 0.25) is 0 Å². The zero-order valence-corrected chi connectivity index (χ0v) is 19.5. The van der Waals surface area contributed by atoms with Crippen molar-refractivity contribution >= 4 is 0 Å². The van der Waals surface area contributed by atoms with E-state index in [0.717, 1.165) is 17.5 Å². The van der Waals surface area contributed by atoms with Crippen molar-refractivity contribution in [2.75, 3.05) is 13.2 Å². The summed E-state index contributed by atoms with van der Waals surface area (Å²) in [5.41, 5.74) is 1.87. The Bertz CT molecular complexity index is 803. The molecule has 0 saturated carbocycles. The van der Waals surface area contributed by atoms with Crippen LogP contribution in [0.25, 0.3) is 0 Å². The summed E-state index contributed by atoms with van der Waals surface area (Å²) in [6, 6.07) is 19.4. The summed E-state index contributed by atoms with van der Waals surface area (Å²) in [5, 5.41) is 12.6. The van der Waals surface area contributed by atoms with Gasteiger partial charge in [-0.05, 0) is 44.2 Å². The summed E-state index contributed by atoms with van der Waals surface area (Å²) in [7, 11) is 0. The molecule has 2 aromatic rings. The van der Waals surface area contributed by atoms with Crippen molar-refractivity contribution in [2.45, 2.75) is 65.3 Å². The molecule has 2 aromatic carbocycles. The van der Waals surface area contributed by atoms with Gasteiger partial charge in [0.1, 0.15) is 6.61 Å². The first-order valence-electron chi connectivity index (χ1n) is 11.0. The molecule has 0 saturated heterocycles. The highest BCUT2D eigenvalue weighted by molar-refractivity contribution is 5.20. The lowest BCUT2D eigenvalue weighted by Gasteiger charge is -2.31. The second kappa shape index (κ2) is 12.6. The summed E-state index contributed by atoms with van der Waals surface area (Å²) in [6.07, 6.45) is 0.751. The van der Waals surface area contributed by atoms with Gasteiger partial charge in [-0.25, -0.2) is 0 Å². The van der Waals surface area contributed by atoms with Gasteiger partial charge in [0, 0.05) is 0 Å². The number of hydrogen-bond acceptors (Lipinski definition) is 4. The smallest absolute Gasteiger partial charge is 0.108 e. The molecule has 1 N–H and O–H groups in total. The lowest BCUT2D eigenvalue weighted by Crippen LogP contribution is -2.38. The fourth-order valence-corrected chi connectivity index (χ4v) is 3.17. The molecular weight excluding hydrogens is 386 g/mol. The maximum atomic E-state index is 11.2. The first kappa shape index (κ1) is 25.1. The average Bonchev–Trinajstić information content (AvgIpc) is 2.73. The molecule has 4 heteroatoms. The van der Waals surface area contributed by atoms with Gasteiger partial charge in [-0.1, -0.05) is 86.4 Å². The highest BCUT2D eigenvalue weighted by atomic mass is 16.5. The Kier molecular flexibility index (Phi) is 10.2. The van der Waals surface area contributed by atoms with Crippen LogP contribution in [0.3, 0.4) is 0 Å². The number of rotatable bonds is 10. The van der Waals surface area contributed by atoms with E-state index in [1.807, 2.05) is 81.4 Å². The molecule has 2 atom stereocenters. The van der Waals surface area contributed by atoms with E-state index >= 15 is 0 Å². The summed E-state index contributed by atoms with van der Waals surface area (Å²) < 4.78 is 11.7. The van der Waals surface area contributed by atoms with Gasteiger partial charge >= 0.3 is 0 Å². The lowest BCUT2D eigenvalue weighted by atomic mass is 10.0. The Morgan fingerprint density at radius 2 is 1.58 bits per heavy atom. The fraction of sp³-hybridized carbons (Fsp3) is 0.481. The Morgan fingerprint density at radius 1 is 0.968 bits per heavy atom. The highest BCUT2D eigenvalue weighted by Gasteiger charge is 2.26. The molecule has 0 aliphatic rings. The predicted molar refractivity (Wildman–Crippen MR) is 126 cm³/mol. The van der Waals surface area contributed by atoms with Crippen molar-refractivity contribution in [2.24, 2.45) is 5.92 Å². The normalized spacial score (nSPS) is 13.7. The minimum atomic E-state index is -0.313. The van der Waals surface area contributed by atoms with Crippen LogP contribution in [0.2, 0.25) is 0 Å².